The summed E-state index contributed by atoms with van der Waals surface area (Å²) in [7, 11) is 1.33. The van der Waals surface area contributed by atoms with Gasteiger partial charge in [-0.25, -0.2) is 9.78 Å². The summed E-state index contributed by atoms with van der Waals surface area (Å²) in [4.78, 5) is 30.7. The molecule has 3 rings (SSSR count). The monoisotopic (exact) mass is 326 g/mol. The lowest BCUT2D eigenvalue weighted by Gasteiger charge is -2.23. The van der Waals surface area contributed by atoms with Gasteiger partial charge in [-0.2, -0.15) is 0 Å². The molecule has 1 atom stereocenters. The maximum absolute atomic E-state index is 12.9. The molecule has 6 nitrogen and oxygen atoms in total. The molecule has 124 valence electrons. The van der Waals surface area contributed by atoms with Gasteiger partial charge in [0.25, 0.3) is 5.91 Å². The van der Waals surface area contributed by atoms with E-state index in [9.17, 15) is 9.59 Å². The lowest BCUT2D eigenvalue weighted by Crippen LogP contribution is -2.43. The van der Waals surface area contributed by atoms with Crippen LogP contribution >= 0.6 is 0 Å². The molecule has 24 heavy (non-hydrogen) atoms. The Morgan fingerprint density at radius 1 is 1.25 bits per heavy atom. The maximum Gasteiger partial charge on any atom is 0.329 e. The fourth-order valence-corrected chi connectivity index (χ4v) is 2.84. The zero-order valence-electron chi connectivity index (χ0n) is 13.6. The summed E-state index contributed by atoms with van der Waals surface area (Å²) < 4.78 is 10.2. The third kappa shape index (κ3) is 2.82. The van der Waals surface area contributed by atoms with Gasteiger partial charge in [0.15, 0.2) is 0 Å². The number of carbonyl (C=O) groups excluding carboxylic acids is 2. The summed E-state index contributed by atoms with van der Waals surface area (Å²) in [5.74, 6) is -0.260. The molecule has 0 saturated heterocycles. The molecule has 1 amide bonds. The average Bonchev–Trinajstić information content (AvgIpc) is 3.01. The Balaban J connectivity index is 1.94. The number of hydrogen-bond acceptors (Lipinski definition) is 5. The molecule has 0 fully saturated rings. The number of nitrogens with zero attached hydrogens (tertiary/aromatic N) is 2. The zero-order chi connectivity index (χ0) is 17.1. The first kappa shape index (κ1) is 16.0. The number of benzene rings is 1. The second-order valence-electron chi connectivity index (χ2n) is 5.37. The summed E-state index contributed by atoms with van der Waals surface area (Å²) in [5.41, 5.74) is 2.07. The van der Waals surface area contributed by atoms with Crippen molar-refractivity contribution in [3.05, 3.63) is 53.7 Å². The second-order valence-corrected chi connectivity index (χ2v) is 5.37. The molecule has 6 heteroatoms. The lowest BCUT2D eigenvalue weighted by molar-refractivity contribution is -0.141. The lowest BCUT2D eigenvalue weighted by atomic mass is 10.1. The van der Waals surface area contributed by atoms with E-state index in [2.05, 4.69) is 4.98 Å². The highest BCUT2D eigenvalue weighted by molar-refractivity contribution is 6.10. The Morgan fingerprint density at radius 3 is 2.71 bits per heavy atom. The minimum absolute atomic E-state index is 0.286. The highest BCUT2D eigenvalue weighted by atomic mass is 16.5. The van der Waals surface area contributed by atoms with Gasteiger partial charge in [-0.1, -0.05) is 18.2 Å². The molecule has 2 aromatic rings. The number of para-hydroxylation sites is 1. The van der Waals surface area contributed by atoms with Crippen LogP contribution in [0.4, 0.5) is 5.69 Å². The Kier molecular flexibility index (Phi) is 4.46. The molecule has 1 aliphatic rings. The summed E-state index contributed by atoms with van der Waals surface area (Å²) >= 11 is 0. The van der Waals surface area contributed by atoms with E-state index < -0.39 is 12.0 Å². The number of amides is 1. The van der Waals surface area contributed by atoms with Crippen LogP contribution in [0.25, 0.3) is 0 Å². The summed E-state index contributed by atoms with van der Waals surface area (Å²) in [6, 6.07) is 10.1. The van der Waals surface area contributed by atoms with Crippen LogP contribution in [0.15, 0.2) is 42.6 Å². The molecular formula is C18H18N2O4. The molecule has 1 aromatic heterocycles. The molecule has 0 spiro atoms. The highest BCUT2D eigenvalue weighted by Gasteiger charge is 2.39. The number of methoxy groups -OCH3 is 1. The van der Waals surface area contributed by atoms with Crippen LogP contribution in [0.1, 0.15) is 22.8 Å². The van der Waals surface area contributed by atoms with Crippen molar-refractivity contribution in [2.24, 2.45) is 0 Å². The molecule has 0 unspecified atom stereocenters. The number of hydrogen-bond donors (Lipinski definition) is 0. The van der Waals surface area contributed by atoms with Gasteiger partial charge in [-0.3, -0.25) is 9.69 Å². The first-order valence-electron chi connectivity index (χ1n) is 7.73. The largest absolute Gasteiger partial charge is 0.478 e. The number of carbonyl (C=O) groups is 2. The number of anilines is 1. The minimum atomic E-state index is -0.661. The van der Waals surface area contributed by atoms with E-state index in [1.54, 1.807) is 12.1 Å². The van der Waals surface area contributed by atoms with E-state index in [0.29, 0.717) is 24.5 Å². The number of pyridine rings is 1. The van der Waals surface area contributed by atoms with Gasteiger partial charge in [0.05, 0.1) is 19.3 Å². The summed E-state index contributed by atoms with van der Waals surface area (Å²) in [6.45, 7) is 2.37. The number of rotatable bonds is 4. The van der Waals surface area contributed by atoms with Gasteiger partial charge in [0, 0.05) is 24.4 Å². The van der Waals surface area contributed by atoms with Gasteiger partial charge < -0.3 is 9.47 Å². The number of fused-ring (bicyclic) bond motifs is 1. The molecule has 2 heterocycles. The van der Waals surface area contributed by atoms with Crippen LogP contribution in [0.5, 0.6) is 5.88 Å². The molecule has 0 radical (unpaired) electrons. The van der Waals surface area contributed by atoms with Crippen molar-refractivity contribution in [3.8, 4) is 5.88 Å². The first-order valence-corrected chi connectivity index (χ1v) is 7.73. The number of ether oxygens (including phenoxy) is 2. The number of esters is 1. The van der Waals surface area contributed by atoms with E-state index in [4.69, 9.17) is 9.47 Å². The molecule has 0 aliphatic carbocycles. The second kappa shape index (κ2) is 6.70. The summed E-state index contributed by atoms with van der Waals surface area (Å²) in [5, 5.41) is 0. The van der Waals surface area contributed by atoms with E-state index in [1.807, 2.05) is 31.2 Å². The third-order valence-electron chi connectivity index (χ3n) is 3.94. The van der Waals surface area contributed by atoms with Gasteiger partial charge in [0.2, 0.25) is 5.88 Å². The molecule has 1 aromatic carbocycles. The van der Waals surface area contributed by atoms with E-state index in [0.717, 1.165) is 11.3 Å². The van der Waals surface area contributed by atoms with E-state index >= 15 is 0 Å². The Labute approximate surface area is 140 Å². The van der Waals surface area contributed by atoms with Gasteiger partial charge in [-0.15, -0.1) is 0 Å². The zero-order valence-corrected chi connectivity index (χ0v) is 13.6. The average molecular weight is 326 g/mol. The topological polar surface area (TPSA) is 68.7 Å². The van der Waals surface area contributed by atoms with Crippen molar-refractivity contribution in [2.45, 2.75) is 19.4 Å². The highest BCUT2D eigenvalue weighted by Crippen LogP contribution is 2.33. The van der Waals surface area contributed by atoms with Crippen molar-refractivity contribution in [2.75, 3.05) is 18.6 Å². The molecule has 0 N–H and O–H groups in total. The standard InChI is InChI=1S/C18H18N2O4/c1-3-24-16-9-8-13(11-19-16)17(21)20-14-7-5-4-6-12(14)10-15(20)18(22)23-2/h4-9,11,15H,3,10H2,1-2H3/t15-/m1/s1. The van der Waals surface area contributed by atoms with Crippen LogP contribution in [-0.2, 0) is 16.0 Å². The van der Waals surface area contributed by atoms with Crippen LogP contribution in [0, 0.1) is 0 Å². The van der Waals surface area contributed by atoms with Gasteiger partial charge in [0.1, 0.15) is 6.04 Å². The predicted molar refractivity (Wildman–Crippen MR) is 88.2 cm³/mol. The van der Waals surface area contributed by atoms with Crippen molar-refractivity contribution in [1.82, 2.24) is 4.98 Å². The Hall–Kier alpha value is -2.89. The van der Waals surface area contributed by atoms with Gasteiger partial charge >= 0.3 is 5.97 Å². The van der Waals surface area contributed by atoms with Crippen LogP contribution < -0.4 is 9.64 Å². The van der Waals surface area contributed by atoms with Gasteiger partial charge in [-0.05, 0) is 24.6 Å². The Morgan fingerprint density at radius 2 is 2.04 bits per heavy atom. The fraction of sp³-hybridized carbons (Fsp3) is 0.278. The van der Waals surface area contributed by atoms with E-state index in [1.165, 1.54) is 18.2 Å². The van der Waals surface area contributed by atoms with Crippen molar-refractivity contribution in [3.63, 3.8) is 0 Å². The third-order valence-corrected chi connectivity index (χ3v) is 3.94. The fourth-order valence-electron chi connectivity index (χ4n) is 2.84. The first-order chi connectivity index (χ1) is 11.7. The van der Waals surface area contributed by atoms with Crippen LogP contribution in [-0.4, -0.2) is 36.6 Å². The van der Waals surface area contributed by atoms with Crippen molar-refractivity contribution >= 4 is 17.6 Å². The Bertz CT molecular complexity index is 758. The van der Waals surface area contributed by atoms with Crippen molar-refractivity contribution < 1.29 is 19.1 Å². The quantitative estimate of drug-likeness (QED) is 0.806. The SMILES string of the molecule is CCOc1ccc(C(=O)N2c3ccccc3C[C@@H]2C(=O)OC)cn1. The minimum Gasteiger partial charge on any atom is -0.478 e. The number of aromatic nitrogens is 1. The van der Waals surface area contributed by atoms with Crippen LogP contribution in [0.2, 0.25) is 0 Å². The molecular weight excluding hydrogens is 308 g/mol. The van der Waals surface area contributed by atoms with Crippen molar-refractivity contribution in [1.29, 1.82) is 0 Å². The normalized spacial score (nSPS) is 15.8. The molecule has 0 bridgehead atoms. The predicted octanol–water partition coefficient (Wildman–Crippen LogP) is 2.22. The molecule has 1 aliphatic heterocycles. The summed E-state index contributed by atoms with van der Waals surface area (Å²) in [6.07, 6.45) is 1.90. The molecule has 0 saturated carbocycles. The van der Waals surface area contributed by atoms with Crippen LogP contribution in [0.3, 0.4) is 0 Å². The smallest absolute Gasteiger partial charge is 0.329 e. The van der Waals surface area contributed by atoms with E-state index in [-0.39, 0.29) is 5.91 Å². The maximum atomic E-state index is 12.9.